The molecule has 0 spiro atoms. The summed E-state index contributed by atoms with van der Waals surface area (Å²) in [7, 11) is 0. The zero-order valence-electron chi connectivity index (χ0n) is 12.6. The molecular formula is C19H21Cl2N. The Labute approximate surface area is 142 Å². The molecule has 0 aromatic heterocycles. The molecule has 1 N–H and O–H groups in total. The number of nitrogens with one attached hydrogen (secondary N) is 1. The molecular weight excluding hydrogens is 313 g/mol. The van der Waals surface area contributed by atoms with Crippen molar-refractivity contribution >= 4 is 23.2 Å². The molecule has 0 saturated heterocycles. The molecule has 3 rings (SSSR count). The van der Waals surface area contributed by atoms with Gasteiger partial charge in [0, 0.05) is 16.1 Å². The first kappa shape index (κ1) is 15.9. The normalized spacial score (nSPS) is 16.1. The van der Waals surface area contributed by atoms with E-state index in [0.29, 0.717) is 6.04 Å². The van der Waals surface area contributed by atoms with Crippen LogP contribution in [0.3, 0.4) is 0 Å². The second-order valence-corrected chi connectivity index (χ2v) is 6.91. The maximum absolute atomic E-state index is 6.04. The van der Waals surface area contributed by atoms with Crippen molar-refractivity contribution in [3.8, 4) is 0 Å². The lowest BCUT2D eigenvalue weighted by atomic mass is 9.92. The van der Waals surface area contributed by atoms with E-state index < -0.39 is 0 Å². The molecule has 0 bridgehead atoms. The van der Waals surface area contributed by atoms with Gasteiger partial charge in [-0.1, -0.05) is 66.7 Å². The van der Waals surface area contributed by atoms with Gasteiger partial charge in [-0.05, 0) is 48.2 Å². The second kappa shape index (κ2) is 7.50. The molecule has 2 aromatic rings. The van der Waals surface area contributed by atoms with Gasteiger partial charge < -0.3 is 5.32 Å². The van der Waals surface area contributed by atoms with Gasteiger partial charge >= 0.3 is 0 Å². The Balaban J connectivity index is 1.86. The van der Waals surface area contributed by atoms with Crippen LogP contribution in [0, 0.1) is 0 Å². The molecule has 1 fully saturated rings. The van der Waals surface area contributed by atoms with Crippen LogP contribution in [0.5, 0.6) is 0 Å². The van der Waals surface area contributed by atoms with Crippen LogP contribution in [-0.4, -0.2) is 6.04 Å². The SMILES string of the molecule is Clc1ccc(C(NC2CCCCC2)c2ccc(Cl)cc2)cc1. The minimum atomic E-state index is 0.192. The second-order valence-electron chi connectivity index (χ2n) is 6.04. The Hall–Kier alpha value is -1.02. The van der Waals surface area contributed by atoms with Gasteiger partial charge in [0.05, 0.1) is 6.04 Å². The first-order chi connectivity index (χ1) is 10.7. The fourth-order valence-electron chi connectivity index (χ4n) is 3.20. The van der Waals surface area contributed by atoms with Crippen molar-refractivity contribution in [2.45, 2.75) is 44.2 Å². The molecule has 2 aromatic carbocycles. The van der Waals surface area contributed by atoms with Crippen LogP contribution in [-0.2, 0) is 0 Å². The molecule has 0 atom stereocenters. The third kappa shape index (κ3) is 4.04. The van der Waals surface area contributed by atoms with E-state index >= 15 is 0 Å². The van der Waals surface area contributed by atoms with Gasteiger partial charge in [0.2, 0.25) is 0 Å². The quantitative estimate of drug-likeness (QED) is 0.722. The van der Waals surface area contributed by atoms with E-state index in [1.807, 2.05) is 24.3 Å². The zero-order chi connectivity index (χ0) is 15.4. The highest BCUT2D eigenvalue weighted by molar-refractivity contribution is 6.30. The number of hydrogen-bond donors (Lipinski definition) is 1. The fraction of sp³-hybridized carbons (Fsp3) is 0.368. The first-order valence-electron chi connectivity index (χ1n) is 7.99. The molecule has 1 aliphatic carbocycles. The molecule has 116 valence electrons. The third-order valence-corrected chi connectivity index (χ3v) is 4.92. The lowest BCUT2D eigenvalue weighted by molar-refractivity contribution is 0.354. The average Bonchev–Trinajstić information content (AvgIpc) is 2.56. The molecule has 1 saturated carbocycles. The van der Waals surface area contributed by atoms with Crippen molar-refractivity contribution in [1.82, 2.24) is 5.32 Å². The van der Waals surface area contributed by atoms with Gasteiger partial charge in [-0.15, -0.1) is 0 Å². The highest BCUT2D eigenvalue weighted by Crippen LogP contribution is 2.28. The minimum Gasteiger partial charge on any atom is -0.303 e. The summed E-state index contributed by atoms with van der Waals surface area (Å²) in [6, 6.07) is 17.1. The summed E-state index contributed by atoms with van der Waals surface area (Å²) in [5.41, 5.74) is 2.49. The number of halogens is 2. The van der Waals surface area contributed by atoms with E-state index in [2.05, 4.69) is 29.6 Å². The maximum Gasteiger partial charge on any atom is 0.0578 e. The van der Waals surface area contributed by atoms with Crippen molar-refractivity contribution in [2.24, 2.45) is 0 Å². The van der Waals surface area contributed by atoms with Gasteiger partial charge in [-0.25, -0.2) is 0 Å². The van der Waals surface area contributed by atoms with Crippen molar-refractivity contribution in [3.05, 3.63) is 69.7 Å². The summed E-state index contributed by atoms with van der Waals surface area (Å²) in [6.07, 6.45) is 6.54. The summed E-state index contributed by atoms with van der Waals surface area (Å²) in [6.45, 7) is 0. The summed E-state index contributed by atoms with van der Waals surface area (Å²) >= 11 is 12.1. The van der Waals surface area contributed by atoms with E-state index in [1.54, 1.807) is 0 Å². The Bertz CT molecular complexity index is 540. The predicted octanol–water partition coefficient (Wildman–Crippen LogP) is 6.01. The van der Waals surface area contributed by atoms with Crippen molar-refractivity contribution < 1.29 is 0 Å². The van der Waals surface area contributed by atoms with Gasteiger partial charge in [0.1, 0.15) is 0 Å². The van der Waals surface area contributed by atoms with Crippen molar-refractivity contribution in [3.63, 3.8) is 0 Å². The van der Waals surface area contributed by atoms with Gasteiger partial charge in [-0.2, -0.15) is 0 Å². The Kier molecular flexibility index (Phi) is 5.41. The lowest BCUT2D eigenvalue weighted by Gasteiger charge is -2.29. The summed E-state index contributed by atoms with van der Waals surface area (Å²) in [5, 5.41) is 5.39. The van der Waals surface area contributed by atoms with Crippen LogP contribution >= 0.6 is 23.2 Å². The third-order valence-electron chi connectivity index (χ3n) is 4.41. The molecule has 3 heteroatoms. The van der Waals surface area contributed by atoms with Crippen LogP contribution in [0.1, 0.15) is 49.3 Å². The fourth-order valence-corrected chi connectivity index (χ4v) is 3.45. The van der Waals surface area contributed by atoms with E-state index in [-0.39, 0.29) is 6.04 Å². The summed E-state index contributed by atoms with van der Waals surface area (Å²) in [4.78, 5) is 0. The summed E-state index contributed by atoms with van der Waals surface area (Å²) < 4.78 is 0. The Morgan fingerprint density at radius 3 is 1.64 bits per heavy atom. The zero-order valence-corrected chi connectivity index (χ0v) is 14.1. The molecule has 22 heavy (non-hydrogen) atoms. The monoisotopic (exact) mass is 333 g/mol. The number of hydrogen-bond acceptors (Lipinski definition) is 1. The maximum atomic E-state index is 6.04. The number of benzene rings is 2. The smallest absolute Gasteiger partial charge is 0.0578 e. The Morgan fingerprint density at radius 1 is 0.727 bits per heavy atom. The van der Waals surface area contributed by atoms with Crippen molar-refractivity contribution in [2.75, 3.05) is 0 Å². The van der Waals surface area contributed by atoms with Gasteiger partial charge in [0.25, 0.3) is 0 Å². The molecule has 0 radical (unpaired) electrons. The molecule has 0 amide bonds. The van der Waals surface area contributed by atoms with Crippen LogP contribution in [0.4, 0.5) is 0 Å². The Morgan fingerprint density at radius 2 is 1.18 bits per heavy atom. The van der Waals surface area contributed by atoms with E-state index in [0.717, 1.165) is 10.0 Å². The highest BCUT2D eigenvalue weighted by Gasteiger charge is 2.20. The molecule has 1 aliphatic rings. The number of rotatable bonds is 4. The van der Waals surface area contributed by atoms with Crippen LogP contribution in [0.15, 0.2) is 48.5 Å². The standard InChI is InChI=1S/C19H21Cl2N/c20-16-10-6-14(7-11-16)19(15-8-12-17(21)13-9-15)22-18-4-2-1-3-5-18/h6-13,18-19,22H,1-5H2. The van der Waals surface area contributed by atoms with E-state index in [9.17, 15) is 0 Å². The topological polar surface area (TPSA) is 12.0 Å². The van der Waals surface area contributed by atoms with Crippen LogP contribution in [0.2, 0.25) is 10.0 Å². The minimum absolute atomic E-state index is 0.192. The summed E-state index contributed by atoms with van der Waals surface area (Å²) in [5.74, 6) is 0. The first-order valence-corrected chi connectivity index (χ1v) is 8.75. The largest absolute Gasteiger partial charge is 0.303 e. The molecule has 0 heterocycles. The molecule has 0 aliphatic heterocycles. The molecule has 1 nitrogen and oxygen atoms in total. The van der Waals surface area contributed by atoms with E-state index in [4.69, 9.17) is 23.2 Å². The molecule has 0 unspecified atom stereocenters. The average molecular weight is 334 g/mol. The van der Waals surface area contributed by atoms with Crippen LogP contribution < -0.4 is 5.32 Å². The van der Waals surface area contributed by atoms with Gasteiger partial charge in [-0.3, -0.25) is 0 Å². The highest BCUT2D eigenvalue weighted by atomic mass is 35.5. The van der Waals surface area contributed by atoms with E-state index in [1.165, 1.54) is 43.2 Å². The van der Waals surface area contributed by atoms with Crippen molar-refractivity contribution in [1.29, 1.82) is 0 Å². The predicted molar refractivity (Wildman–Crippen MR) is 94.8 cm³/mol. The van der Waals surface area contributed by atoms with Crippen LogP contribution in [0.25, 0.3) is 0 Å². The lowest BCUT2D eigenvalue weighted by Crippen LogP contribution is -2.35. The van der Waals surface area contributed by atoms with Gasteiger partial charge in [0.15, 0.2) is 0 Å².